The van der Waals surface area contributed by atoms with Crippen LogP contribution in [0.3, 0.4) is 0 Å². The second-order valence-corrected chi connectivity index (χ2v) is 2.07. The summed E-state index contributed by atoms with van der Waals surface area (Å²) >= 11 is 0. The number of aliphatic hydroxyl groups is 2. The summed E-state index contributed by atoms with van der Waals surface area (Å²) in [6.07, 6.45) is -2.12. The maximum atomic E-state index is 10.3. The minimum absolute atomic E-state index is 0.264. The minimum Gasteiger partial charge on any atom is -0.441 e. The molecule has 0 aromatic heterocycles. The first kappa shape index (κ1) is 7.30. The third kappa shape index (κ3) is 1.37. The third-order valence-electron chi connectivity index (χ3n) is 1.32. The summed E-state index contributed by atoms with van der Waals surface area (Å²) in [6.45, 7) is -0.125. The Morgan fingerprint density at radius 3 is 3.00 bits per heavy atom. The van der Waals surface area contributed by atoms with Gasteiger partial charge in [0.1, 0.15) is 12.2 Å². The molecule has 1 saturated heterocycles. The number of alkyl carbamates (subject to hydrolysis) is 1. The number of hydrogen-bond acceptors (Lipinski definition) is 4. The van der Waals surface area contributed by atoms with Gasteiger partial charge in [0.25, 0.3) is 0 Å². The van der Waals surface area contributed by atoms with Crippen molar-refractivity contribution in [3.8, 4) is 0 Å². The van der Waals surface area contributed by atoms with Crippen molar-refractivity contribution < 1.29 is 19.7 Å². The van der Waals surface area contributed by atoms with Crippen molar-refractivity contribution in [3.63, 3.8) is 0 Å². The van der Waals surface area contributed by atoms with Crippen LogP contribution < -0.4 is 5.32 Å². The monoisotopic (exact) mass is 147 g/mol. The van der Waals surface area contributed by atoms with Crippen LogP contribution in [-0.4, -0.2) is 41.7 Å². The number of cyclic esters (lactones) is 1. The average molecular weight is 147 g/mol. The van der Waals surface area contributed by atoms with Gasteiger partial charge in [-0.25, -0.2) is 4.79 Å². The number of aliphatic hydroxyl groups excluding tert-OH is 2. The van der Waals surface area contributed by atoms with Crippen molar-refractivity contribution in [1.29, 1.82) is 0 Å². The van der Waals surface area contributed by atoms with Crippen LogP contribution in [0.25, 0.3) is 0 Å². The van der Waals surface area contributed by atoms with Crippen LogP contribution >= 0.6 is 0 Å². The molecule has 0 aromatic rings. The number of amides is 1. The third-order valence-corrected chi connectivity index (χ3v) is 1.32. The summed E-state index contributed by atoms with van der Waals surface area (Å²) in [4.78, 5) is 10.3. The molecule has 1 rings (SSSR count). The second kappa shape index (κ2) is 2.85. The molecular weight excluding hydrogens is 138 g/mol. The Kier molecular flexibility index (Phi) is 2.08. The van der Waals surface area contributed by atoms with Crippen molar-refractivity contribution in [3.05, 3.63) is 0 Å². The first-order valence-electron chi connectivity index (χ1n) is 2.97. The average Bonchev–Trinajstić information content (AvgIpc) is 2.34. The number of hydrogen-bond donors (Lipinski definition) is 3. The lowest BCUT2D eigenvalue weighted by Gasteiger charge is -2.11. The standard InChI is InChI=1S/C5H9NO4/c7-2-3(8)4-1-6-5(9)10-4/h3-4,7-8H,1-2H2,(H,6,9)/t3-,4?/m1/s1. The summed E-state index contributed by atoms with van der Waals surface area (Å²) in [5.41, 5.74) is 0. The Labute approximate surface area is 57.6 Å². The molecule has 1 unspecified atom stereocenters. The Morgan fingerprint density at radius 1 is 1.90 bits per heavy atom. The van der Waals surface area contributed by atoms with Crippen LogP contribution in [0.4, 0.5) is 4.79 Å². The quantitative estimate of drug-likeness (QED) is 0.441. The zero-order chi connectivity index (χ0) is 7.56. The van der Waals surface area contributed by atoms with Crippen molar-refractivity contribution >= 4 is 6.09 Å². The molecule has 1 heterocycles. The van der Waals surface area contributed by atoms with Crippen molar-refractivity contribution in [1.82, 2.24) is 5.32 Å². The fourth-order valence-electron chi connectivity index (χ4n) is 0.737. The van der Waals surface area contributed by atoms with E-state index in [2.05, 4.69) is 10.1 Å². The maximum absolute atomic E-state index is 10.3. The Balaban J connectivity index is 2.36. The lowest BCUT2D eigenvalue weighted by Crippen LogP contribution is -2.32. The highest BCUT2D eigenvalue weighted by Crippen LogP contribution is 2.03. The van der Waals surface area contributed by atoms with Gasteiger partial charge in [-0.15, -0.1) is 0 Å². The Hall–Kier alpha value is -0.810. The Morgan fingerprint density at radius 2 is 2.60 bits per heavy atom. The summed E-state index contributed by atoms with van der Waals surface area (Å²) in [6, 6.07) is 0. The number of nitrogens with one attached hydrogen (secondary N) is 1. The van der Waals surface area contributed by atoms with E-state index in [1.54, 1.807) is 0 Å². The topological polar surface area (TPSA) is 78.8 Å². The number of carbonyl (C=O) groups is 1. The van der Waals surface area contributed by atoms with Gasteiger partial charge in [0.2, 0.25) is 0 Å². The maximum Gasteiger partial charge on any atom is 0.407 e. The van der Waals surface area contributed by atoms with E-state index in [9.17, 15) is 4.79 Å². The van der Waals surface area contributed by atoms with Gasteiger partial charge in [-0.05, 0) is 0 Å². The predicted octanol–water partition coefficient (Wildman–Crippen LogP) is -1.55. The van der Waals surface area contributed by atoms with Gasteiger partial charge in [0.05, 0.1) is 13.2 Å². The fraction of sp³-hybridized carbons (Fsp3) is 0.800. The van der Waals surface area contributed by atoms with Crippen LogP contribution in [0.2, 0.25) is 0 Å². The number of carbonyl (C=O) groups excluding carboxylic acids is 1. The first-order valence-corrected chi connectivity index (χ1v) is 2.97. The molecule has 0 bridgehead atoms. The molecule has 2 atom stereocenters. The summed E-state index contributed by atoms with van der Waals surface area (Å²) in [5.74, 6) is 0. The van der Waals surface area contributed by atoms with Gasteiger partial charge in [-0.2, -0.15) is 0 Å². The van der Waals surface area contributed by atoms with E-state index in [1.807, 2.05) is 0 Å². The van der Waals surface area contributed by atoms with Crippen molar-refractivity contribution in [2.24, 2.45) is 0 Å². The van der Waals surface area contributed by atoms with Gasteiger partial charge >= 0.3 is 6.09 Å². The molecule has 1 fully saturated rings. The molecule has 1 aliphatic rings. The van der Waals surface area contributed by atoms with Crippen LogP contribution in [-0.2, 0) is 4.74 Å². The molecule has 0 saturated carbocycles. The summed E-state index contributed by atoms with van der Waals surface area (Å²) in [7, 11) is 0. The smallest absolute Gasteiger partial charge is 0.407 e. The van der Waals surface area contributed by atoms with Gasteiger partial charge in [-0.3, -0.25) is 0 Å². The molecule has 10 heavy (non-hydrogen) atoms. The molecule has 1 aliphatic heterocycles. The molecule has 5 nitrogen and oxygen atoms in total. The van der Waals surface area contributed by atoms with Gasteiger partial charge in [0.15, 0.2) is 0 Å². The fourth-order valence-corrected chi connectivity index (χ4v) is 0.737. The molecule has 3 N–H and O–H groups in total. The molecule has 0 aromatic carbocycles. The number of ether oxygens (including phenoxy) is 1. The van der Waals surface area contributed by atoms with Crippen LogP contribution in [0.15, 0.2) is 0 Å². The number of rotatable bonds is 2. The van der Waals surface area contributed by atoms with E-state index in [4.69, 9.17) is 10.2 Å². The van der Waals surface area contributed by atoms with E-state index in [0.717, 1.165) is 0 Å². The lowest BCUT2D eigenvalue weighted by molar-refractivity contribution is -0.000677. The molecule has 58 valence electrons. The first-order chi connectivity index (χ1) is 4.74. The van der Waals surface area contributed by atoms with E-state index in [-0.39, 0.29) is 13.2 Å². The summed E-state index contributed by atoms with van der Waals surface area (Å²) in [5, 5.41) is 19.7. The summed E-state index contributed by atoms with van der Waals surface area (Å²) < 4.78 is 4.55. The lowest BCUT2D eigenvalue weighted by atomic mass is 10.2. The van der Waals surface area contributed by atoms with Crippen LogP contribution in [0.5, 0.6) is 0 Å². The zero-order valence-corrected chi connectivity index (χ0v) is 5.28. The van der Waals surface area contributed by atoms with E-state index < -0.39 is 18.3 Å². The highest BCUT2D eigenvalue weighted by atomic mass is 16.6. The molecule has 0 radical (unpaired) electrons. The van der Waals surface area contributed by atoms with E-state index in [1.165, 1.54) is 0 Å². The van der Waals surface area contributed by atoms with E-state index in [0.29, 0.717) is 0 Å². The van der Waals surface area contributed by atoms with Gasteiger partial charge in [-0.1, -0.05) is 0 Å². The normalized spacial score (nSPS) is 27.4. The van der Waals surface area contributed by atoms with Crippen LogP contribution in [0.1, 0.15) is 0 Å². The molecule has 0 spiro atoms. The molecule has 5 heteroatoms. The largest absolute Gasteiger partial charge is 0.441 e. The SMILES string of the molecule is O=C1NCC([C@H](O)CO)O1. The minimum atomic E-state index is -0.973. The van der Waals surface area contributed by atoms with Crippen molar-refractivity contribution in [2.45, 2.75) is 12.2 Å². The molecule has 0 aliphatic carbocycles. The van der Waals surface area contributed by atoms with Gasteiger partial charge < -0.3 is 20.3 Å². The second-order valence-electron chi connectivity index (χ2n) is 2.07. The molecular formula is C5H9NO4. The highest BCUT2D eigenvalue weighted by molar-refractivity contribution is 5.69. The van der Waals surface area contributed by atoms with E-state index >= 15 is 0 Å². The van der Waals surface area contributed by atoms with Gasteiger partial charge in [0, 0.05) is 0 Å². The van der Waals surface area contributed by atoms with Crippen molar-refractivity contribution in [2.75, 3.05) is 13.2 Å². The molecule has 1 amide bonds. The zero-order valence-electron chi connectivity index (χ0n) is 5.28. The Bertz CT molecular complexity index is 138. The van der Waals surface area contributed by atoms with Crippen LogP contribution in [0, 0.1) is 0 Å². The predicted molar refractivity (Wildman–Crippen MR) is 31.4 cm³/mol. The highest BCUT2D eigenvalue weighted by Gasteiger charge is 2.28.